The van der Waals surface area contributed by atoms with Crippen LogP contribution in [0.15, 0.2) is 0 Å². The first kappa shape index (κ1) is 11.9. The van der Waals surface area contributed by atoms with E-state index in [-0.39, 0.29) is 6.04 Å². The molecule has 2 atom stereocenters. The highest BCUT2D eigenvalue weighted by Crippen LogP contribution is 2.15. The molecule has 12 heavy (non-hydrogen) atoms. The minimum absolute atomic E-state index is 0.343. The molecular formula is C9H21NO2. The first-order chi connectivity index (χ1) is 5.25. The van der Waals surface area contributed by atoms with Gasteiger partial charge in [0, 0.05) is 6.04 Å². The lowest BCUT2D eigenvalue weighted by molar-refractivity contribution is -0.0618. The molecule has 74 valence electrons. The molecule has 0 heterocycles. The van der Waals surface area contributed by atoms with Crippen LogP contribution in [-0.2, 0) is 0 Å². The molecular weight excluding hydrogens is 154 g/mol. The molecule has 0 amide bonds. The standard InChI is InChI=1S/C9H21NO2/c1-6(2)5-7(10)8(11)9(3,4)12/h6-8,11-12H,5,10H2,1-4H3/t7-,8+/m0/s1. The average molecular weight is 175 g/mol. The third kappa shape index (κ3) is 4.04. The molecule has 0 spiro atoms. The molecule has 3 heteroatoms. The van der Waals surface area contributed by atoms with E-state index in [4.69, 9.17) is 5.73 Å². The van der Waals surface area contributed by atoms with Gasteiger partial charge in [0.15, 0.2) is 0 Å². The van der Waals surface area contributed by atoms with E-state index in [2.05, 4.69) is 0 Å². The van der Waals surface area contributed by atoms with Gasteiger partial charge in [0.1, 0.15) is 0 Å². The SMILES string of the molecule is CC(C)C[C@H](N)[C@@H](O)C(C)(C)O. The summed E-state index contributed by atoms with van der Waals surface area (Å²) in [4.78, 5) is 0. The highest BCUT2D eigenvalue weighted by Gasteiger charge is 2.30. The summed E-state index contributed by atoms with van der Waals surface area (Å²) in [5, 5.41) is 19.0. The maximum atomic E-state index is 9.53. The van der Waals surface area contributed by atoms with Gasteiger partial charge in [-0.2, -0.15) is 0 Å². The lowest BCUT2D eigenvalue weighted by atomic mass is 9.90. The van der Waals surface area contributed by atoms with Gasteiger partial charge in [-0.15, -0.1) is 0 Å². The molecule has 4 N–H and O–H groups in total. The van der Waals surface area contributed by atoms with Crippen LogP contribution in [0.5, 0.6) is 0 Å². The van der Waals surface area contributed by atoms with Gasteiger partial charge in [0.2, 0.25) is 0 Å². The van der Waals surface area contributed by atoms with Crippen LogP contribution >= 0.6 is 0 Å². The molecule has 0 aliphatic heterocycles. The van der Waals surface area contributed by atoms with Crippen LogP contribution in [0.4, 0.5) is 0 Å². The molecule has 0 radical (unpaired) electrons. The first-order valence-corrected chi connectivity index (χ1v) is 4.41. The molecule has 0 unspecified atom stereocenters. The topological polar surface area (TPSA) is 66.5 Å². The van der Waals surface area contributed by atoms with Gasteiger partial charge in [0.05, 0.1) is 11.7 Å². The van der Waals surface area contributed by atoms with Crippen molar-refractivity contribution in [3.8, 4) is 0 Å². The van der Waals surface area contributed by atoms with Crippen LogP contribution in [0.1, 0.15) is 34.1 Å². The molecule has 0 aliphatic rings. The van der Waals surface area contributed by atoms with E-state index in [1.165, 1.54) is 0 Å². The second kappa shape index (κ2) is 4.21. The zero-order chi connectivity index (χ0) is 9.94. The van der Waals surface area contributed by atoms with Gasteiger partial charge in [-0.1, -0.05) is 13.8 Å². The van der Waals surface area contributed by atoms with Gasteiger partial charge in [0.25, 0.3) is 0 Å². The smallest absolute Gasteiger partial charge is 0.0972 e. The summed E-state index contributed by atoms with van der Waals surface area (Å²) < 4.78 is 0. The summed E-state index contributed by atoms with van der Waals surface area (Å²) in [6.07, 6.45) is -0.120. The number of nitrogens with two attached hydrogens (primary N) is 1. The predicted octanol–water partition coefficient (Wildman–Crippen LogP) is 0.492. The maximum Gasteiger partial charge on any atom is 0.0972 e. The molecule has 0 aromatic heterocycles. The Hall–Kier alpha value is -0.120. The summed E-state index contributed by atoms with van der Waals surface area (Å²) in [5.41, 5.74) is 4.59. The Morgan fingerprint density at radius 3 is 2.00 bits per heavy atom. The highest BCUT2D eigenvalue weighted by atomic mass is 16.3. The lowest BCUT2D eigenvalue weighted by Crippen LogP contribution is -2.49. The molecule has 0 rings (SSSR count). The summed E-state index contributed by atoms with van der Waals surface area (Å²) in [6, 6.07) is -0.343. The van der Waals surface area contributed by atoms with E-state index in [0.29, 0.717) is 5.92 Å². The highest BCUT2D eigenvalue weighted by molar-refractivity contribution is 4.85. The van der Waals surface area contributed by atoms with Crippen molar-refractivity contribution in [2.75, 3.05) is 0 Å². The second-order valence-corrected chi connectivity index (χ2v) is 4.39. The Morgan fingerprint density at radius 2 is 1.75 bits per heavy atom. The Balaban J connectivity index is 4.01. The van der Waals surface area contributed by atoms with Gasteiger partial charge in [-0.25, -0.2) is 0 Å². The van der Waals surface area contributed by atoms with Crippen molar-refractivity contribution in [2.45, 2.75) is 51.9 Å². The van der Waals surface area contributed by atoms with Crippen LogP contribution in [0.3, 0.4) is 0 Å². The molecule has 0 aromatic carbocycles. The van der Waals surface area contributed by atoms with Gasteiger partial charge < -0.3 is 15.9 Å². The summed E-state index contributed by atoms with van der Waals surface area (Å²) in [5.74, 6) is 0.442. The molecule has 0 saturated heterocycles. The van der Waals surface area contributed by atoms with Crippen molar-refractivity contribution in [3.63, 3.8) is 0 Å². The summed E-state index contributed by atoms with van der Waals surface area (Å²) in [6.45, 7) is 7.21. The fourth-order valence-electron chi connectivity index (χ4n) is 1.20. The average Bonchev–Trinajstić information content (AvgIpc) is 1.82. The van der Waals surface area contributed by atoms with Crippen molar-refractivity contribution >= 4 is 0 Å². The van der Waals surface area contributed by atoms with Crippen molar-refractivity contribution in [1.82, 2.24) is 0 Å². The normalized spacial score (nSPS) is 18.0. The third-order valence-corrected chi connectivity index (χ3v) is 1.87. The summed E-state index contributed by atoms with van der Waals surface area (Å²) >= 11 is 0. The number of hydrogen-bond acceptors (Lipinski definition) is 3. The first-order valence-electron chi connectivity index (χ1n) is 4.41. The van der Waals surface area contributed by atoms with E-state index >= 15 is 0 Å². The third-order valence-electron chi connectivity index (χ3n) is 1.87. The molecule has 0 aliphatic carbocycles. The van der Waals surface area contributed by atoms with E-state index in [9.17, 15) is 10.2 Å². The van der Waals surface area contributed by atoms with Crippen molar-refractivity contribution in [2.24, 2.45) is 11.7 Å². The van der Waals surface area contributed by atoms with Crippen LogP contribution in [-0.4, -0.2) is 28.0 Å². The van der Waals surface area contributed by atoms with Crippen molar-refractivity contribution < 1.29 is 10.2 Å². The minimum Gasteiger partial charge on any atom is -0.389 e. The zero-order valence-corrected chi connectivity index (χ0v) is 8.41. The monoisotopic (exact) mass is 175 g/mol. The molecule has 0 bridgehead atoms. The van der Waals surface area contributed by atoms with E-state index in [1.807, 2.05) is 13.8 Å². The van der Waals surface area contributed by atoms with Crippen molar-refractivity contribution in [3.05, 3.63) is 0 Å². The number of hydrogen-bond donors (Lipinski definition) is 3. The number of aliphatic hydroxyl groups excluding tert-OH is 1. The predicted molar refractivity (Wildman–Crippen MR) is 49.7 cm³/mol. The second-order valence-electron chi connectivity index (χ2n) is 4.39. The largest absolute Gasteiger partial charge is 0.389 e. The lowest BCUT2D eigenvalue weighted by Gasteiger charge is -2.30. The quantitative estimate of drug-likeness (QED) is 0.582. The molecule has 0 saturated carbocycles. The fourth-order valence-corrected chi connectivity index (χ4v) is 1.20. The van der Waals surface area contributed by atoms with E-state index < -0.39 is 11.7 Å². The Labute approximate surface area is 74.6 Å². The van der Waals surface area contributed by atoms with Gasteiger partial charge >= 0.3 is 0 Å². The van der Waals surface area contributed by atoms with Crippen LogP contribution in [0.25, 0.3) is 0 Å². The van der Waals surface area contributed by atoms with Gasteiger partial charge in [-0.05, 0) is 26.2 Å². The molecule has 0 fully saturated rings. The van der Waals surface area contributed by atoms with Crippen LogP contribution in [0.2, 0.25) is 0 Å². The van der Waals surface area contributed by atoms with Gasteiger partial charge in [-0.3, -0.25) is 0 Å². The zero-order valence-electron chi connectivity index (χ0n) is 8.41. The minimum atomic E-state index is -1.10. The maximum absolute atomic E-state index is 9.53. The van der Waals surface area contributed by atoms with E-state index in [1.54, 1.807) is 13.8 Å². The van der Waals surface area contributed by atoms with Crippen LogP contribution < -0.4 is 5.73 Å². The molecule has 3 nitrogen and oxygen atoms in total. The van der Waals surface area contributed by atoms with E-state index in [0.717, 1.165) is 6.42 Å². The Kier molecular flexibility index (Phi) is 4.17. The Morgan fingerprint density at radius 1 is 1.33 bits per heavy atom. The fraction of sp³-hybridized carbons (Fsp3) is 1.00. The summed E-state index contributed by atoms with van der Waals surface area (Å²) in [7, 11) is 0. The number of rotatable bonds is 4. The van der Waals surface area contributed by atoms with Crippen LogP contribution in [0, 0.1) is 5.92 Å². The molecule has 0 aromatic rings. The van der Waals surface area contributed by atoms with Crippen molar-refractivity contribution in [1.29, 1.82) is 0 Å². The number of aliphatic hydroxyl groups is 2. The Bertz CT molecular complexity index is 129.